The normalized spacial score (nSPS) is 14.9. The number of Topliss-reactive ketones (excluding diaryl/α,β-unsaturated/α-hetero) is 1. The van der Waals surface area contributed by atoms with Gasteiger partial charge in [0, 0.05) is 18.8 Å². The van der Waals surface area contributed by atoms with Gasteiger partial charge in [-0.25, -0.2) is 9.97 Å². The molecule has 1 aliphatic rings. The quantitative estimate of drug-likeness (QED) is 0.749. The van der Waals surface area contributed by atoms with E-state index in [1.807, 2.05) is 0 Å². The molecule has 0 atom stereocenters. The lowest BCUT2D eigenvalue weighted by Gasteiger charge is -2.05. The SMILES string of the molecule is O=C1CCCCc2nc(-c3ccc(Cl)cn3)ncc21. The van der Waals surface area contributed by atoms with Crippen LogP contribution in [0.2, 0.25) is 5.02 Å². The second kappa shape index (κ2) is 5.05. The van der Waals surface area contributed by atoms with Gasteiger partial charge < -0.3 is 0 Å². The predicted octanol–water partition coefficient (Wildman–Crippen LogP) is 3.10. The fourth-order valence-electron chi connectivity index (χ4n) is 2.18. The molecule has 5 heteroatoms. The smallest absolute Gasteiger partial charge is 0.178 e. The number of carbonyl (C=O) groups is 1. The van der Waals surface area contributed by atoms with Gasteiger partial charge in [0.1, 0.15) is 5.69 Å². The molecule has 0 spiro atoms. The monoisotopic (exact) mass is 273 g/mol. The van der Waals surface area contributed by atoms with Crippen molar-refractivity contribution >= 4 is 17.4 Å². The Morgan fingerprint density at radius 1 is 1.05 bits per heavy atom. The van der Waals surface area contributed by atoms with E-state index in [0.29, 0.717) is 28.5 Å². The third-order valence-electron chi connectivity index (χ3n) is 3.19. The van der Waals surface area contributed by atoms with Crippen molar-refractivity contribution in [3.05, 3.63) is 40.8 Å². The van der Waals surface area contributed by atoms with Crippen LogP contribution in [0.5, 0.6) is 0 Å². The predicted molar refractivity (Wildman–Crippen MR) is 72.2 cm³/mol. The second-order valence-electron chi connectivity index (χ2n) is 4.55. The minimum absolute atomic E-state index is 0.142. The summed E-state index contributed by atoms with van der Waals surface area (Å²) in [7, 11) is 0. The van der Waals surface area contributed by atoms with Gasteiger partial charge >= 0.3 is 0 Å². The van der Waals surface area contributed by atoms with E-state index in [-0.39, 0.29) is 5.78 Å². The molecule has 19 heavy (non-hydrogen) atoms. The molecule has 0 fully saturated rings. The summed E-state index contributed by atoms with van der Waals surface area (Å²) in [6.07, 6.45) is 6.52. The molecule has 0 unspecified atom stereocenters. The van der Waals surface area contributed by atoms with Crippen LogP contribution in [0.4, 0.5) is 0 Å². The number of hydrogen-bond donors (Lipinski definition) is 0. The zero-order chi connectivity index (χ0) is 13.2. The molecule has 1 aliphatic carbocycles. The van der Waals surface area contributed by atoms with Crippen molar-refractivity contribution in [3.63, 3.8) is 0 Å². The van der Waals surface area contributed by atoms with Crippen molar-refractivity contribution in [1.29, 1.82) is 0 Å². The van der Waals surface area contributed by atoms with E-state index in [2.05, 4.69) is 15.0 Å². The molecular weight excluding hydrogens is 262 g/mol. The summed E-state index contributed by atoms with van der Waals surface area (Å²) in [4.78, 5) is 24.8. The van der Waals surface area contributed by atoms with Gasteiger partial charge in [0.25, 0.3) is 0 Å². The van der Waals surface area contributed by atoms with Crippen LogP contribution >= 0.6 is 11.6 Å². The number of aromatic nitrogens is 3. The maximum atomic E-state index is 11.9. The van der Waals surface area contributed by atoms with E-state index in [1.165, 1.54) is 0 Å². The van der Waals surface area contributed by atoms with Gasteiger partial charge in [0.15, 0.2) is 11.6 Å². The van der Waals surface area contributed by atoms with Crippen molar-refractivity contribution in [2.24, 2.45) is 0 Å². The molecule has 2 heterocycles. The highest BCUT2D eigenvalue weighted by Gasteiger charge is 2.18. The number of rotatable bonds is 1. The first-order valence-electron chi connectivity index (χ1n) is 6.25. The summed E-state index contributed by atoms with van der Waals surface area (Å²) in [6.45, 7) is 0. The highest BCUT2D eigenvalue weighted by molar-refractivity contribution is 6.30. The molecule has 96 valence electrons. The molecule has 3 rings (SSSR count). The lowest BCUT2D eigenvalue weighted by Crippen LogP contribution is -2.05. The van der Waals surface area contributed by atoms with Crippen molar-refractivity contribution in [2.75, 3.05) is 0 Å². The Morgan fingerprint density at radius 3 is 2.68 bits per heavy atom. The van der Waals surface area contributed by atoms with Crippen LogP contribution in [0.1, 0.15) is 35.3 Å². The third kappa shape index (κ3) is 2.49. The van der Waals surface area contributed by atoms with E-state index >= 15 is 0 Å². The van der Waals surface area contributed by atoms with Crippen LogP contribution in [0.15, 0.2) is 24.5 Å². The van der Waals surface area contributed by atoms with Gasteiger partial charge in [0.2, 0.25) is 0 Å². The Bertz CT molecular complexity index is 625. The summed E-state index contributed by atoms with van der Waals surface area (Å²) in [5.41, 5.74) is 2.17. The first-order valence-corrected chi connectivity index (χ1v) is 6.63. The van der Waals surface area contributed by atoms with E-state index in [0.717, 1.165) is 25.0 Å². The van der Waals surface area contributed by atoms with Gasteiger partial charge in [0.05, 0.1) is 16.3 Å². The van der Waals surface area contributed by atoms with Gasteiger partial charge in [-0.05, 0) is 31.4 Å². The Balaban J connectivity index is 2.03. The van der Waals surface area contributed by atoms with Crippen molar-refractivity contribution in [3.8, 4) is 11.5 Å². The number of nitrogens with zero attached hydrogens (tertiary/aromatic N) is 3. The first-order chi connectivity index (χ1) is 9.24. The number of fused-ring (bicyclic) bond motifs is 1. The van der Waals surface area contributed by atoms with E-state index < -0.39 is 0 Å². The van der Waals surface area contributed by atoms with Gasteiger partial charge in [-0.1, -0.05) is 11.6 Å². The zero-order valence-corrected chi connectivity index (χ0v) is 11.0. The first kappa shape index (κ1) is 12.2. The average Bonchev–Trinajstić information content (AvgIpc) is 2.61. The third-order valence-corrected chi connectivity index (χ3v) is 3.42. The fraction of sp³-hybridized carbons (Fsp3) is 0.286. The molecule has 0 saturated heterocycles. The Labute approximate surface area is 115 Å². The second-order valence-corrected chi connectivity index (χ2v) is 4.98. The van der Waals surface area contributed by atoms with Crippen LogP contribution in [0, 0.1) is 0 Å². The molecule has 0 N–H and O–H groups in total. The average molecular weight is 274 g/mol. The maximum Gasteiger partial charge on any atom is 0.178 e. The molecular formula is C14H12ClN3O. The molecule has 0 aromatic carbocycles. The van der Waals surface area contributed by atoms with Crippen LogP contribution in [0.25, 0.3) is 11.5 Å². The van der Waals surface area contributed by atoms with Crippen molar-refractivity contribution < 1.29 is 4.79 Å². The van der Waals surface area contributed by atoms with E-state index in [1.54, 1.807) is 24.5 Å². The lowest BCUT2D eigenvalue weighted by molar-refractivity contribution is 0.0981. The van der Waals surface area contributed by atoms with Crippen molar-refractivity contribution in [1.82, 2.24) is 15.0 Å². The van der Waals surface area contributed by atoms with Gasteiger partial charge in [-0.15, -0.1) is 0 Å². The molecule has 0 amide bonds. The van der Waals surface area contributed by atoms with Gasteiger partial charge in [-0.2, -0.15) is 0 Å². The van der Waals surface area contributed by atoms with Crippen molar-refractivity contribution in [2.45, 2.75) is 25.7 Å². The molecule has 2 aromatic heterocycles. The Hall–Kier alpha value is -1.81. The van der Waals surface area contributed by atoms with Crippen LogP contribution < -0.4 is 0 Å². The fourth-order valence-corrected chi connectivity index (χ4v) is 2.30. The molecule has 0 radical (unpaired) electrons. The molecule has 4 nitrogen and oxygen atoms in total. The van der Waals surface area contributed by atoms with Crippen LogP contribution in [-0.4, -0.2) is 20.7 Å². The standard InChI is InChI=1S/C14H12ClN3O/c15-9-5-6-12(16-7-9)14-17-8-10-11(18-14)3-1-2-4-13(10)19/h5-8H,1-4H2. The topological polar surface area (TPSA) is 55.7 Å². The number of pyridine rings is 1. The number of halogens is 1. The minimum atomic E-state index is 0.142. The van der Waals surface area contributed by atoms with Crippen LogP contribution in [-0.2, 0) is 6.42 Å². The maximum absolute atomic E-state index is 11.9. The number of hydrogen-bond acceptors (Lipinski definition) is 4. The Kier molecular flexibility index (Phi) is 3.25. The minimum Gasteiger partial charge on any atom is -0.294 e. The van der Waals surface area contributed by atoms with E-state index in [9.17, 15) is 4.79 Å². The highest BCUT2D eigenvalue weighted by Crippen LogP contribution is 2.21. The zero-order valence-electron chi connectivity index (χ0n) is 10.3. The summed E-state index contributed by atoms with van der Waals surface area (Å²) < 4.78 is 0. The number of carbonyl (C=O) groups excluding carboxylic acids is 1. The number of ketones is 1. The van der Waals surface area contributed by atoms with E-state index in [4.69, 9.17) is 11.6 Å². The summed E-state index contributed by atoms with van der Waals surface area (Å²) in [5.74, 6) is 0.688. The molecule has 0 aliphatic heterocycles. The summed E-state index contributed by atoms with van der Waals surface area (Å²) in [6, 6.07) is 3.53. The largest absolute Gasteiger partial charge is 0.294 e. The van der Waals surface area contributed by atoms with Gasteiger partial charge in [-0.3, -0.25) is 9.78 Å². The molecule has 0 saturated carbocycles. The van der Waals surface area contributed by atoms with Crippen LogP contribution in [0.3, 0.4) is 0 Å². The molecule has 0 bridgehead atoms. The summed E-state index contributed by atoms with van der Waals surface area (Å²) in [5, 5.41) is 0.577. The Morgan fingerprint density at radius 2 is 1.89 bits per heavy atom. The number of aryl methyl sites for hydroxylation is 1. The highest BCUT2D eigenvalue weighted by atomic mass is 35.5. The lowest BCUT2D eigenvalue weighted by atomic mass is 10.1. The summed E-state index contributed by atoms with van der Waals surface area (Å²) >= 11 is 5.81. The molecule has 2 aromatic rings.